The number of carbonyl (C=O) groups is 2. The highest BCUT2D eigenvalue weighted by molar-refractivity contribution is 8.26. The van der Waals surface area contributed by atoms with Gasteiger partial charge in [0.05, 0.1) is 10.5 Å². The van der Waals surface area contributed by atoms with Crippen molar-refractivity contribution in [3.8, 4) is 11.9 Å². The second kappa shape index (κ2) is 10.8. The van der Waals surface area contributed by atoms with Gasteiger partial charge in [-0.2, -0.15) is 5.26 Å². The zero-order valence-electron chi connectivity index (χ0n) is 19.2. The van der Waals surface area contributed by atoms with Gasteiger partial charge in [0.25, 0.3) is 11.5 Å². The van der Waals surface area contributed by atoms with Crippen molar-refractivity contribution in [2.45, 2.75) is 46.1 Å². The molecule has 34 heavy (non-hydrogen) atoms. The SMILES string of the molecule is CCC(C)n1c(O)c(C(=O)CCCN2C(=O)/C(=C/c3ccccc3)SC2=S)c(C)c(C#N)c1=O. The second-order valence-corrected chi connectivity index (χ2v) is 9.69. The molecule has 0 bridgehead atoms. The molecule has 0 aliphatic carbocycles. The number of carbonyl (C=O) groups excluding carboxylic acids is 2. The molecule has 1 aromatic heterocycles. The molecule has 2 aromatic rings. The lowest BCUT2D eigenvalue weighted by molar-refractivity contribution is -0.122. The fourth-order valence-electron chi connectivity index (χ4n) is 3.76. The molecule has 1 aromatic carbocycles. The van der Waals surface area contributed by atoms with E-state index in [0.29, 0.717) is 22.1 Å². The first-order valence-corrected chi connectivity index (χ1v) is 12.1. The van der Waals surface area contributed by atoms with E-state index >= 15 is 0 Å². The molecular formula is C25H25N3O4S2. The summed E-state index contributed by atoms with van der Waals surface area (Å²) in [6.07, 6.45) is 2.66. The summed E-state index contributed by atoms with van der Waals surface area (Å²) in [5, 5.41) is 20.2. The van der Waals surface area contributed by atoms with Gasteiger partial charge in [-0.15, -0.1) is 0 Å². The van der Waals surface area contributed by atoms with Gasteiger partial charge >= 0.3 is 0 Å². The highest BCUT2D eigenvalue weighted by Gasteiger charge is 2.32. The first-order valence-electron chi connectivity index (χ1n) is 10.9. The van der Waals surface area contributed by atoms with Gasteiger partial charge in [-0.1, -0.05) is 61.2 Å². The number of ketones is 1. The fraction of sp³-hybridized carbons (Fsp3) is 0.320. The van der Waals surface area contributed by atoms with Crippen LogP contribution in [0.15, 0.2) is 40.0 Å². The van der Waals surface area contributed by atoms with Gasteiger partial charge in [0, 0.05) is 19.0 Å². The molecule has 0 radical (unpaired) electrons. The van der Waals surface area contributed by atoms with Crippen LogP contribution in [0.4, 0.5) is 0 Å². The van der Waals surface area contributed by atoms with Crippen LogP contribution in [-0.2, 0) is 4.79 Å². The Kier molecular flexibility index (Phi) is 8.07. The lowest BCUT2D eigenvalue weighted by Crippen LogP contribution is -2.30. The predicted molar refractivity (Wildman–Crippen MR) is 137 cm³/mol. The number of benzene rings is 1. The number of rotatable bonds is 8. The van der Waals surface area contributed by atoms with Crippen molar-refractivity contribution in [3.05, 3.63) is 67.8 Å². The zero-order valence-corrected chi connectivity index (χ0v) is 20.8. The van der Waals surface area contributed by atoms with Crippen LogP contribution < -0.4 is 5.56 Å². The topological polar surface area (TPSA) is 103 Å². The molecule has 7 nitrogen and oxygen atoms in total. The number of nitrogens with zero attached hydrogens (tertiary/aromatic N) is 3. The average molecular weight is 496 g/mol. The third-order valence-corrected chi connectivity index (χ3v) is 7.19. The molecular weight excluding hydrogens is 470 g/mol. The number of aromatic nitrogens is 1. The van der Waals surface area contributed by atoms with Crippen molar-refractivity contribution in [1.82, 2.24) is 9.47 Å². The van der Waals surface area contributed by atoms with Gasteiger partial charge in [0.1, 0.15) is 16.0 Å². The molecule has 176 valence electrons. The Balaban J connectivity index is 1.76. The number of aromatic hydroxyl groups is 1. The Morgan fingerprint density at radius 1 is 1.29 bits per heavy atom. The van der Waals surface area contributed by atoms with Crippen LogP contribution in [0.5, 0.6) is 5.88 Å². The van der Waals surface area contributed by atoms with E-state index in [1.165, 1.54) is 23.6 Å². The molecule has 1 N–H and O–H groups in total. The van der Waals surface area contributed by atoms with Crippen molar-refractivity contribution >= 4 is 46.1 Å². The minimum Gasteiger partial charge on any atom is -0.494 e. The largest absolute Gasteiger partial charge is 0.494 e. The Labute approximate surface area is 207 Å². The van der Waals surface area contributed by atoms with E-state index < -0.39 is 17.2 Å². The summed E-state index contributed by atoms with van der Waals surface area (Å²) < 4.78 is 1.53. The highest BCUT2D eigenvalue weighted by Crippen LogP contribution is 2.33. The Hall–Kier alpha value is -3.22. The van der Waals surface area contributed by atoms with Crippen molar-refractivity contribution < 1.29 is 14.7 Å². The van der Waals surface area contributed by atoms with E-state index in [4.69, 9.17) is 12.2 Å². The Morgan fingerprint density at radius 3 is 2.59 bits per heavy atom. The fourth-order valence-corrected chi connectivity index (χ4v) is 5.07. The summed E-state index contributed by atoms with van der Waals surface area (Å²) in [5.41, 5.74) is 0.293. The summed E-state index contributed by atoms with van der Waals surface area (Å²) in [6, 6.07) is 11.0. The van der Waals surface area contributed by atoms with Crippen LogP contribution >= 0.6 is 24.0 Å². The first kappa shape index (κ1) is 25.4. The summed E-state index contributed by atoms with van der Waals surface area (Å²) in [4.78, 5) is 40.5. The zero-order chi connectivity index (χ0) is 25.0. The van der Waals surface area contributed by atoms with Crippen LogP contribution in [0.25, 0.3) is 6.08 Å². The van der Waals surface area contributed by atoms with Gasteiger partial charge in [0.15, 0.2) is 5.78 Å². The van der Waals surface area contributed by atoms with Crippen molar-refractivity contribution in [2.75, 3.05) is 6.54 Å². The summed E-state index contributed by atoms with van der Waals surface area (Å²) in [5.74, 6) is -1.02. The van der Waals surface area contributed by atoms with E-state index in [2.05, 4.69) is 0 Å². The number of hydrogen-bond donors (Lipinski definition) is 1. The normalized spacial score (nSPS) is 15.6. The Morgan fingerprint density at radius 2 is 1.97 bits per heavy atom. The van der Waals surface area contributed by atoms with Gasteiger partial charge in [0.2, 0.25) is 5.88 Å². The van der Waals surface area contributed by atoms with E-state index in [1.807, 2.05) is 43.3 Å². The molecule has 1 fully saturated rings. The van der Waals surface area contributed by atoms with Crippen molar-refractivity contribution in [1.29, 1.82) is 5.26 Å². The van der Waals surface area contributed by atoms with E-state index in [9.17, 15) is 24.8 Å². The molecule has 1 amide bonds. The summed E-state index contributed by atoms with van der Waals surface area (Å²) >= 11 is 6.58. The van der Waals surface area contributed by atoms with Crippen LogP contribution in [0.2, 0.25) is 0 Å². The Bertz CT molecular complexity index is 1280. The number of amides is 1. The number of nitriles is 1. The standard InChI is InChI=1S/C25H25N3O4S2/c1-4-15(2)28-22(30)18(14-26)16(3)21(24(28)32)19(29)11-8-12-27-23(31)20(34-25(27)33)13-17-9-6-5-7-10-17/h5-7,9-10,13,15,32H,4,8,11-12H2,1-3H3/b20-13-. The molecule has 2 heterocycles. The predicted octanol–water partition coefficient (Wildman–Crippen LogP) is 4.57. The van der Waals surface area contributed by atoms with Crippen LogP contribution in [0.3, 0.4) is 0 Å². The van der Waals surface area contributed by atoms with Crippen LogP contribution in [0.1, 0.15) is 66.2 Å². The van der Waals surface area contributed by atoms with Crippen molar-refractivity contribution in [2.24, 2.45) is 0 Å². The minimum absolute atomic E-state index is 0.0206. The highest BCUT2D eigenvalue weighted by atomic mass is 32.2. The molecule has 1 aliphatic rings. The van der Waals surface area contributed by atoms with Gasteiger partial charge in [-0.3, -0.25) is 23.9 Å². The second-order valence-electron chi connectivity index (χ2n) is 8.01. The molecule has 1 aliphatic heterocycles. The molecule has 1 atom stereocenters. The third kappa shape index (κ3) is 4.98. The van der Waals surface area contributed by atoms with Crippen molar-refractivity contribution in [3.63, 3.8) is 0 Å². The number of pyridine rings is 1. The van der Waals surface area contributed by atoms with E-state index in [1.54, 1.807) is 13.0 Å². The molecule has 1 unspecified atom stereocenters. The maximum absolute atomic E-state index is 13.0. The monoisotopic (exact) mass is 495 g/mol. The molecule has 9 heteroatoms. The third-order valence-electron chi connectivity index (χ3n) is 5.81. The van der Waals surface area contributed by atoms with Gasteiger partial charge < -0.3 is 5.11 Å². The molecule has 3 rings (SSSR count). The lowest BCUT2D eigenvalue weighted by atomic mass is 9.98. The van der Waals surface area contributed by atoms with E-state index in [0.717, 1.165) is 10.1 Å². The summed E-state index contributed by atoms with van der Waals surface area (Å²) in [6.45, 7) is 5.32. The number of thiocarbonyl (C=S) groups is 1. The molecule has 0 spiro atoms. The minimum atomic E-state index is -0.605. The number of thioether (sulfide) groups is 1. The maximum Gasteiger partial charge on any atom is 0.271 e. The number of hydrogen-bond acceptors (Lipinski definition) is 7. The first-order chi connectivity index (χ1) is 16.2. The van der Waals surface area contributed by atoms with Crippen LogP contribution in [0, 0.1) is 18.3 Å². The molecule has 0 saturated carbocycles. The van der Waals surface area contributed by atoms with Crippen LogP contribution in [-0.4, -0.2) is 37.1 Å². The summed E-state index contributed by atoms with van der Waals surface area (Å²) in [7, 11) is 0. The quantitative estimate of drug-likeness (QED) is 0.325. The smallest absolute Gasteiger partial charge is 0.271 e. The van der Waals surface area contributed by atoms with E-state index in [-0.39, 0.29) is 41.6 Å². The maximum atomic E-state index is 13.0. The lowest BCUT2D eigenvalue weighted by Gasteiger charge is -2.20. The number of Topliss-reactive ketones (excluding diaryl/α,β-unsaturated/α-hetero) is 1. The average Bonchev–Trinajstić information content (AvgIpc) is 3.07. The molecule has 1 saturated heterocycles. The van der Waals surface area contributed by atoms with Gasteiger partial charge in [-0.25, -0.2) is 0 Å². The van der Waals surface area contributed by atoms with Gasteiger partial charge in [-0.05, 0) is 43.9 Å².